The van der Waals surface area contributed by atoms with E-state index in [0.717, 1.165) is 89.9 Å². The summed E-state index contributed by atoms with van der Waals surface area (Å²) in [5.74, 6) is -1.48. The van der Waals surface area contributed by atoms with Gasteiger partial charge in [0.25, 0.3) is 0 Å². The quantitative estimate of drug-likeness (QED) is 0.0197. The molecule has 0 saturated carbocycles. The van der Waals surface area contributed by atoms with Crippen molar-refractivity contribution in [2.24, 2.45) is 0 Å². The van der Waals surface area contributed by atoms with E-state index in [9.17, 15) is 28.9 Å². The zero-order valence-corrected chi connectivity index (χ0v) is 52.7. The molecule has 2 N–H and O–H groups in total. The standard InChI is InChI=1S/C68H123O11P/c1-4-7-10-13-16-19-22-25-28-31-32-35-38-41-44-47-50-53-56-59-68(72)79-65(61-75-66(70)57-54-51-48-45-42-39-36-33-29-26-23-20-17-14-11-8-5-2)63-77-80(73,74)76-62-64(60-69)78-67(71)58-55-52-49-46-43-40-37-34-30-27-24-21-18-15-12-9-6-3/h7,10,16,19,25,28,32,35,41,44,64-65,69H,4-6,8-9,11-15,17-18,20-24,26-27,29-31,33-34,36-40,42-43,45-63H2,1-3H3,(H,73,74)/b10-7-,19-16-,28-25-,35-32-,44-41-. The van der Waals surface area contributed by atoms with Gasteiger partial charge in [-0.05, 0) is 64.2 Å². The molecule has 11 nitrogen and oxygen atoms in total. The van der Waals surface area contributed by atoms with Crippen molar-refractivity contribution in [1.29, 1.82) is 0 Å². The van der Waals surface area contributed by atoms with Gasteiger partial charge in [-0.3, -0.25) is 23.4 Å². The van der Waals surface area contributed by atoms with Crippen LogP contribution in [-0.4, -0.2) is 66.5 Å². The lowest BCUT2D eigenvalue weighted by Crippen LogP contribution is -2.30. The first-order valence-corrected chi connectivity index (χ1v) is 34.7. The van der Waals surface area contributed by atoms with Crippen LogP contribution in [0.3, 0.4) is 0 Å². The number of phosphoric acid groups is 1. The number of carbonyl (C=O) groups is 3. The summed E-state index contributed by atoms with van der Waals surface area (Å²) in [6.45, 7) is 4.57. The van der Waals surface area contributed by atoms with Crippen LogP contribution in [-0.2, 0) is 42.2 Å². The van der Waals surface area contributed by atoms with Gasteiger partial charge in [-0.15, -0.1) is 0 Å². The molecule has 3 atom stereocenters. The molecule has 12 heteroatoms. The van der Waals surface area contributed by atoms with Crippen molar-refractivity contribution in [2.75, 3.05) is 26.4 Å². The Balaban J connectivity index is 4.71. The molecular weight excluding hydrogens is 1020 g/mol. The zero-order chi connectivity index (χ0) is 58.3. The van der Waals surface area contributed by atoms with Crippen LogP contribution in [0.25, 0.3) is 0 Å². The molecule has 0 aromatic heterocycles. The van der Waals surface area contributed by atoms with Crippen molar-refractivity contribution >= 4 is 25.7 Å². The van der Waals surface area contributed by atoms with Gasteiger partial charge in [-0.1, -0.05) is 293 Å². The predicted octanol–water partition coefficient (Wildman–Crippen LogP) is 20.3. The molecular formula is C68H123O11P. The van der Waals surface area contributed by atoms with Crippen LogP contribution in [0.5, 0.6) is 0 Å². The molecule has 80 heavy (non-hydrogen) atoms. The molecule has 0 rings (SSSR count). The number of esters is 3. The molecule has 0 aliphatic rings. The maximum Gasteiger partial charge on any atom is 0.472 e. The van der Waals surface area contributed by atoms with Crippen LogP contribution in [0.4, 0.5) is 0 Å². The molecule has 0 aromatic rings. The summed E-state index contributed by atoms with van der Waals surface area (Å²) in [7, 11) is -4.76. The molecule has 0 aromatic carbocycles. The lowest BCUT2D eigenvalue weighted by Gasteiger charge is -2.21. The highest BCUT2D eigenvalue weighted by molar-refractivity contribution is 7.47. The van der Waals surface area contributed by atoms with Gasteiger partial charge in [0.1, 0.15) is 12.7 Å². The fraction of sp³-hybridized carbons (Fsp3) is 0.809. The van der Waals surface area contributed by atoms with E-state index in [0.29, 0.717) is 19.3 Å². The minimum Gasteiger partial charge on any atom is -0.462 e. The van der Waals surface area contributed by atoms with Crippen LogP contribution >= 0.6 is 7.82 Å². The number of carbonyl (C=O) groups excluding carboxylic acids is 3. The Kier molecular flexibility index (Phi) is 60.0. The Hall–Kier alpha value is -2.82. The molecule has 0 aliphatic heterocycles. The largest absolute Gasteiger partial charge is 0.472 e. The van der Waals surface area contributed by atoms with E-state index in [4.69, 9.17) is 23.3 Å². The molecule has 0 amide bonds. The highest BCUT2D eigenvalue weighted by Gasteiger charge is 2.28. The predicted molar refractivity (Wildman–Crippen MR) is 335 cm³/mol. The Bertz CT molecular complexity index is 1570. The summed E-state index contributed by atoms with van der Waals surface area (Å²) in [6.07, 6.45) is 70.3. The fourth-order valence-electron chi connectivity index (χ4n) is 9.45. The number of hydrogen-bond donors (Lipinski definition) is 2. The van der Waals surface area contributed by atoms with Gasteiger partial charge in [0.15, 0.2) is 6.10 Å². The van der Waals surface area contributed by atoms with Crippen LogP contribution in [0.2, 0.25) is 0 Å². The van der Waals surface area contributed by atoms with Crippen molar-refractivity contribution in [2.45, 2.75) is 328 Å². The molecule has 0 radical (unpaired) electrons. The van der Waals surface area contributed by atoms with E-state index in [1.807, 2.05) is 0 Å². The van der Waals surface area contributed by atoms with Crippen LogP contribution in [0.1, 0.15) is 316 Å². The first-order chi connectivity index (χ1) is 39.2. The summed E-state index contributed by atoms with van der Waals surface area (Å²) in [5, 5.41) is 9.86. The van der Waals surface area contributed by atoms with Crippen molar-refractivity contribution < 1.29 is 52.2 Å². The number of phosphoric ester groups is 1. The van der Waals surface area contributed by atoms with Crippen molar-refractivity contribution in [3.63, 3.8) is 0 Å². The second-order valence-corrected chi connectivity index (χ2v) is 23.7. The van der Waals surface area contributed by atoms with Crippen LogP contribution in [0.15, 0.2) is 60.8 Å². The smallest absolute Gasteiger partial charge is 0.462 e. The van der Waals surface area contributed by atoms with Crippen molar-refractivity contribution in [3.8, 4) is 0 Å². The minimum absolute atomic E-state index is 0.131. The number of allylic oxidation sites excluding steroid dienone is 10. The molecule has 0 spiro atoms. The lowest BCUT2D eigenvalue weighted by molar-refractivity contribution is -0.161. The zero-order valence-electron chi connectivity index (χ0n) is 51.8. The Morgan fingerprint density at radius 3 is 1.00 bits per heavy atom. The van der Waals surface area contributed by atoms with Gasteiger partial charge in [0.2, 0.25) is 0 Å². The number of hydrogen-bond acceptors (Lipinski definition) is 10. The third-order valence-electron chi connectivity index (χ3n) is 14.5. The monoisotopic (exact) mass is 1150 g/mol. The summed E-state index contributed by atoms with van der Waals surface area (Å²) in [4.78, 5) is 48.8. The minimum atomic E-state index is -4.76. The Labute approximate surface area is 491 Å². The topological polar surface area (TPSA) is 155 Å². The molecule has 0 aliphatic carbocycles. The highest BCUT2D eigenvalue weighted by Crippen LogP contribution is 2.43. The first kappa shape index (κ1) is 77.2. The second kappa shape index (κ2) is 62.2. The number of ether oxygens (including phenoxy) is 3. The van der Waals surface area contributed by atoms with E-state index in [-0.39, 0.29) is 25.9 Å². The van der Waals surface area contributed by atoms with Crippen molar-refractivity contribution in [1.82, 2.24) is 0 Å². The van der Waals surface area contributed by atoms with Gasteiger partial charge in [-0.2, -0.15) is 0 Å². The first-order valence-electron chi connectivity index (χ1n) is 33.2. The molecule has 3 unspecified atom stereocenters. The lowest BCUT2D eigenvalue weighted by atomic mass is 10.0. The van der Waals surface area contributed by atoms with E-state index in [1.165, 1.54) is 167 Å². The number of rotatable bonds is 62. The Morgan fingerprint density at radius 2 is 0.650 bits per heavy atom. The normalized spacial score (nSPS) is 13.6. The van der Waals surface area contributed by atoms with E-state index in [1.54, 1.807) is 0 Å². The second-order valence-electron chi connectivity index (χ2n) is 22.3. The number of aliphatic hydroxyl groups is 1. The molecule has 466 valence electrons. The molecule has 0 heterocycles. The van der Waals surface area contributed by atoms with E-state index in [2.05, 4.69) is 81.5 Å². The van der Waals surface area contributed by atoms with Gasteiger partial charge < -0.3 is 24.2 Å². The average Bonchev–Trinajstić information content (AvgIpc) is 3.45. The number of aliphatic hydroxyl groups excluding tert-OH is 1. The summed E-state index contributed by atoms with van der Waals surface area (Å²) in [6, 6.07) is 0. The molecule has 0 fully saturated rings. The third-order valence-corrected chi connectivity index (χ3v) is 15.4. The maximum atomic E-state index is 13.0. The summed E-state index contributed by atoms with van der Waals surface area (Å²) in [5.41, 5.74) is 0. The van der Waals surface area contributed by atoms with Gasteiger partial charge in [0, 0.05) is 19.3 Å². The molecule has 0 saturated heterocycles. The highest BCUT2D eigenvalue weighted by atomic mass is 31.2. The fourth-order valence-corrected chi connectivity index (χ4v) is 10.2. The maximum absolute atomic E-state index is 13.0. The average molecular weight is 1150 g/mol. The number of unbranched alkanes of at least 4 members (excludes halogenated alkanes) is 35. The molecule has 0 bridgehead atoms. The van der Waals surface area contributed by atoms with Crippen molar-refractivity contribution in [3.05, 3.63) is 60.8 Å². The van der Waals surface area contributed by atoms with Crippen LogP contribution in [0, 0.1) is 0 Å². The van der Waals surface area contributed by atoms with Gasteiger partial charge in [0.05, 0.1) is 19.8 Å². The van der Waals surface area contributed by atoms with Crippen LogP contribution < -0.4 is 0 Å². The van der Waals surface area contributed by atoms with Gasteiger partial charge >= 0.3 is 25.7 Å². The van der Waals surface area contributed by atoms with Gasteiger partial charge in [-0.25, -0.2) is 4.57 Å². The SMILES string of the molecule is CC/C=C\C/C=C\C/C=C\C/C=C\C/C=C\CCCCCC(=O)OC(COC(=O)CCCCCCCCCCCCCCCCCCC)COP(=O)(O)OCC(CO)OC(=O)CCCCCCCCCCCCCCCCCCC. The van der Waals surface area contributed by atoms with E-state index < -0.39 is 57.8 Å². The van der Waals surface area contributed by atoms with E-state index >= 15 is 0 Å². The Morgan fingerprint density at radius 1 is 0.362 bits per heavy atom. The summed E-state index contributed by atoms with van der Waals surface area (Å²) >= 11 is 0. The third kappa shape index (κ3) is 59.8. The summed E-state index contributed by atoms with van der Waals surface area (Å²) < 4.78 is 39.7.